The van der Waals surface area contributed by atoms with Crippen molar-refractivity contribution >= 4 is 22.8 Å². The van der Waals surface area contributed by atoms with Crippen molar-refractivity contribution in [3.8, 4) is 0 Å². The van der Waals surface area contributed by atoms with Gasteiger partial charge in [-0.05, 0) is 12.5 Å². The molecule has 0 aliphatic carbocycles. The second kappa shape index (κ2) is 6.20. The maximum absolute atomic E-state index is 12.8. The molecule has 3 heterocycles. The lowest BCUT2D eigenvalue weighted by Gasteiger charge is -2.25. The molecule has 0 bridgehead atoms. The molecular formula is C18H20N6O3. The van der Waals surface area contributed by atoms with Crippen molar-refractivity contribution in [1.29, 1.82) is 0 Å². The van der Waals surface area contributed by atoms with Crippen molar-refractivity contribution in [3.05, 3.63) is 56.2 Å². The Morgan fingerprint density at radius 1 is 1.11 bits per heavy atom. The van der Waals surface area contributed by atoms with E-state index >= 15 is 0 Å². The van der Waals surface area contributed by atoms with Gasteiger partial charge in [0.05, 0.1) is 25.4 Å². The number of aliphatic hydroxyl groups excluding tert-OH is 1. The summed E-state index contributed by atoms with van der Waals surface area (Å²) in [5.74, 6) is 0.438. The predicted molar refractivity (Wildman–Crippen MR) is 102 cm³/mol. The first-order chi connectivity index (χ1) is 12.9. The number of hydrogen-bond donors (Lipinski definition) is 1. The van der Waals surface area contributed by atoms with Gasteiger partial charge in [0.15, 0.2) is 11.2 Å². The Bertz CT molecular complexity index is 1180. The third-order valence-electron chi connectivity index (χ3n) is 4.80. The predicted octanol–water partition coefficient (Wildman–Crippen LogP) is -0.0413. The first-order valence-corrected chi connectivity index (χ1v) is 8.61. The Labute approximate surface area is 154 Å². The molecule has 0 amide bonds. The molecule has 4 rings (SSSR count). The lowest BCUT2D eigenvalue weighted by atomic mass is 10.1. The normalized spacial score (nSPS) is 13.8. The standard InChI is InChI=1S/C18H20N6O3/c1-11-4-6-12(7-5-11)13-10-23-14-15(19-17(23)24(20-13)8-9-25)21(2)18(27)22(3)16(14)26/h4-7,25H,8-10H2,1-3H3. The number of hydrazone groups is 1. The van der Waals surface area contributed by atoms with Crippen LogP contribution in [-0.4, -0.2) is 42.7 Å². The number of β-amino-alcohol motifs (C(OH)–C–C–N with tert-alkyl or cyclic N) is 1. The lowest BCUT2D eigenvalue weighted by molar-refractivity contribution is 0.301. The van der Waals surface area contributed by atoms with Crippen LogP contribution in [0.4, 0.5) is 5.95 Å². The van der Waals surface area contributed by atoms with E-state index in [9.17, 15) is 14.7 Å². The quantitative estimate of drug-likeness (QED) is 0.700. The third-order valence-corrected chi connectivity index (χ3v) is 4.80. The van der Waals surface area contributed by atoms with Gasteiger partial charge in [-0.1, -0.05) is 29.8 Å². The highest BCUT2D eigenvalue weighted by Gasteiger charge is 2.27. The maximum atomic E-state index is 12.8. The van der Waals surface area contributed by atoms with Gasteiger partial charge in [-0.15, -0.1) is 0 Å². The van der Waals surface area contributed by atoms with E-state index in [0.29, 0.717) is 23.7 Å². The van der Waals surface area contributed by atoms with E-state index in [0.717, 1.165) is 21.4 Å². The van der Waals surface area contributed by atoms with E-state index in [1.54, 1.807) is 16.6 Å². The summed E-state index contributed by atoms with van der Waals surface area (Å²) < 4.78 is 4.19. The number of aliphatic hydroxyl groups is 1. The van der Waals surface area contributed by atoms with E-state index in [2.05, 4.69) is 10.1 Å². The first-order valence-electron chi connectivity index (χ1n) is 8.61. The molecule has 27 heavy (non-hydrogen) atoms. The minimum Gasteiger partial charge on any atom is -0.394 e. The van der Waals surface area contributed by atoms with Gasteiger partial charge in [-0.2, -0.15) is 10.1 Å². The molecule has 3 aromatic rings. The van der Waals surface area contributed by atoms with Crippen LogP contribution in [0, 0.1) is 6.92 Å². The zero-order valence-corrected chi connectivity index (χ0v) is 15.4. The van der Waals surface area contributed by atoms with Gasteiger partial charge in [0.25, 0.3) is 5.56 Å². The van der Waals surface area contributed by atoms with Crippen LogP contribution in [0.5, 0.6) is 0 Å². The fourth-order valence-electron chi connectivity index (χ4n) is 3.29. The van der Waals surface area contributed by atoms with Gasteiger partial charge in [-0.25, -0.2) is 9.80 Å². The van der Waals surface area contributed by atoms with E-state index in [1.165, 1.54) is 11.6 Å². The summed E-state index contributed by atoms with van der Waals surface area (Å²) in [6.07, 6.45) is 0. The van der Waals surface area contributed by atoms with E-state index in [1.807, 2.05) is 31.2 Å². The van der Waals surface area contributed by atoms with E-state index in [-0.39, 0.29) is 13.2 Å². The van der Waals surface area contributed by atoms with Crippen LogP contribution in [0.15, 0.2) is 39.0 Å². The van der Waals surface area contributed by atoms with Crippen molar-refractivity contribution in [1.82, 2.24) is 18.7 Å². The van der Waals surface area contributed by atoms with E-state index in [4.69, 9.17) is 0 Å². The lowest BCUT2D eigenvalue weighted by Crippen LogP contribution is -2.38. The molecule has 0 saturated carbocycles. The van der Waals surface area contributed by atoms with Crippen molar-refractivity contribution in [2.75, 3.05) is 18.2 Å². The number of rotatable bonds is 3. The van der Waals surface area contributed by atoms with Crippen LogP contribution in [0.1, 0.15) is 11.1 Å². The first kappa shape index (κ1) is 17.2. The zero-order chi connectivity index (χ0) is 19.3. The van der Waals surface area contributed by atoms with Gasteiger partial charge in [0.1, 0.15) is 0 Å². The van der Waals surface area contributed by atoms with Crippen molar-refractivity contribution < 1.29 is 5.11 Å². The summed E-state index contributed by atoms with van der Waals surface area (Å²) >= 11 is 0. The minimum atomic E-state index is -0.434. The Hall–Kier alpha value is -3.20. The fourth-order valence-corrected chi connectivity index (χ4v) is 3.29. The summed E-state index contributed by atoms with van der Waals surface area (Å²) in [4.78, 5) is 29.5. The minimum absolute atomic E-state index is 0.120. The number of hydrogen-bond acceptors (Lipinski definition) is 6. The molecule has 0 saturated heterocycles. The SMILES string of the molecule is Cc1ccc(C2=NN(CCO)c3nc4c(c(=O)n(C)c(=O)n4C)n3C2)cc1. The zero-order valence-electron chi connectivity index (χ0n) is 15.4. The second-order valence-corrected chi connectivity index (χ2v) is 6.64. The Morgan fingerprint density at radius 3 is 2.48 bits per heavy atom. The highest BCUT2D eigenvalue weighted by atomic mass is 16.3. The smallest absolute Gasteiger partial charge is 0.332 e. The summed E-state index contributed by atoms with van der Waals surface area (Å²) in [5.41, 5.74) is 2.64. The molecule has 0 radical (unpaired) electrons. The average Bonchev–Trinajstić information content (AvgIpc) is 3.05. The van der Waals surface area contributed by atoms with Crippen molar-refractivity contribution in [2.24, 2.45) is 19.2 Å². The molecule has 1 aromatic carbocycles. The molecule has 0 atom stereocenters. The average molecular weight is 368 g/mol. The highest BCUT2D eigenvalue weighted by Crippen LogP contribution is 2.25. The van der Waals surface area contributed by atoms with Crippen LogP contribution >= 0.6 is 0 Å². The molecule has 0 fully saturated rings. The Morgan fingerprint density at radius 2 is 1.81 bits per heavy atom. The van der Waals surface area contributed by atoms with E-state index < -0.39 is 11.2 Å². The third kappa shape index (κ3) is 2.58. The van der Waals surface area contributed by atoms with Gasteiger partial charge >= 0.3 is 5.69 Å². The fraction of sp³-hybridized carbons (Fsp3) is 0.333. The topological polar surface area (TPSA) is 97.7 Å². The number of fused-ring (bicyclic) bond motifs is 3. The number of imidazole rings is 1. The molecule has 1 aliphatic heterocycles. The number of aryl methyl sites for hydroxylation is 2. The molecular weight excluding hydrogens is 348 g/mol. The molecule has 9 heteroatoms. The van der Waals surface area contributed by atoms with Crippen LogP contribution in [0.3, 0.4) is 0 Å². The molecule has 2 aromatic heterocycles. The molecule has 0 unspecified atom stereocenters. The molecule has 0 spiro atoms. The Kier molecular flexibility index (Phi) is 3.96. The Balaban J connectivity index is 1.96. The van der Waals surface area contributed by atoms with Gasteiger partial charge in [0, 0.05) is 14.1 Å². The van der Waals surface area contributed by atoms with Gasteiger partial charge in [-0.3, -0.25) is 18.5 Å². The van der Waals surface area contributed by atoms with Gasteiger partial charge < -0.3 is 5.11 Å². The van der Waals surface area contributed by atoms with Crippen molar-refractivity contribution in [3.63, 3.8) is 0 Å². The highest BCUT2D eigenvalue weighted by molar-refractivity contribution is 6.02. The molecule has 140 valence electrons. The number of anilines is 1. The van der Waals surface area contributed by atoms with Crippen LogP contribution in [0.25, 0.3) is 11.2 Å². The van der Waals surface area contributed by atoms with Crippen LogP contribution in [-0.2, 0) is 20.6 Å². The summed E-state index contributed by atoms with van der Waals surface area (Å²) in [6, 6.07) is 7.95. The largest absolute Gasteiger partial charge is 0.394 e. The van der Waals surface area contributed by atoms with Crippen molar-refractivity contribution in [2.45, 2.75) is 13.5 Å². The number of aromatic nitrogens is 4. The molecule has 9 nitrogen and oxygen atoms in total. The maximum Gasteiger partial charge on any atom is 0.332 e. The number of nitrogens with zero attached hydrogens (tertiary/aromatic N) is 6. The summed E-state index contributed by atoms with van der Waals surface area (Å²) in [7, 11) is 3.04. The molecule has 1 aliphatic rings. The van der Waals surface area contributed by atoms with Crippen LogP contribution in [0.2, 0.25) is 0 Å². The summed E-state index contributed by atoms with van der Waals surface area (Å²) in [6.45, 7) is 2.47. The summed E-state index contributed by atoms with van der Waals surface area (Å²) in [5, 5.41) is 15.6. The van der Waals surface area contributed by atoms with Gasteiger partial charge in [0.2, 0.25) is 5.95 Å². The second-order valence-electron chi connectivity index (χ2n) is 6.64. The molecule has 1 N–H and O–H groups in total. The van der Waals surface area contributed by atoms with Crippen LogP contribution < -0.4 is 16.3 Å². The monoisotopic (exact) mass is 368 g/mol. The number of benzene rings is 1.